The van der Waals surface area contributed by atoms with Crippen molar-refractivity contribution in [1.82, 2.24) is 4.90 Å². The molecule has 3 amide bonds. The highest BCUT2D eigenvalue weighted by molar-refractivity contribution is 5.93. The first-order chi connectivity index (χ1) is 12.0. The minimum Gasteiger partial charge on any atom is -0.453 e. The SMILES string of the molecule is CCOC(=O)Nc1ccc(NC(=O)C2CCCN(C(=O)OC)C2)cc1. The average molecular weight is 349 g/mol. The molecule has 8 heteroatoms. The largest absolute Gasteiger partial charge is 0.453 e. The third kappa shape index (κ3) is 5.37. The van der Waals surface area contributed by atoms with Crippen LogP contribution in [-0.4, -0.2) is 49.8 Å². The van der Waals surface area contributed by atoms with Crippen LogP contribution in [0, 0.1) is 5.92 Å². The number of piperidine rings is 1. The molecule has 25 heavy (non-hydrogen) atoms. The minimum atomic E-state index is -0.524. The van der Waals surface area contributed by atoms with E-state index in [1.807, 2.05) is 0 Å². The van der Waals surface area contributed by atoms with Crippen LogP contribution in [0.15, 0.2) is 24.3 Å². The van der Waals surface area contributed by atoms with Gasteiger partial charge in [-0.3, -0.25) is 10.1 Å². The van der Waals surface area contributed by atoms with Crippen LogP contribution in [0.1, 0.15) is 19.8 Å². The molecule has 1 aliphatic rings. The van der Waals surface area contributed by atoms with E-state index in [-0.39, 0.29) is 11.8 Å². The van der Waals surface area contributed by atoms with Gasteiger partial charge < -0.3 is 19.7 Å². The van der Waals surface area contributed by atoms with Crippen molar-refractivity contribution in [2.24, 2.45) is 5.92 Å². The molecule has 136 valence electrons. The van der Waals surface area contributed by atoms with Gasteiger partial charge in [0.15, 0.2) is 0 Å². The Morgan fingerprint density at radius 2 is 1.80 bits per heavy atom. The standard InChI is InChI=1S/C17H23N3O5/c1-3-25-16(22)19-14-8-6-13(7-9-14)18-15(21)12-5-4-10-20(11-12)17(23)24-2/h6-9,12H,3-5,10-11H2,1-2H3,(H,18,21)(H,19,22). The lowest BCUT2D eigenvalue weighted by Crippen LogP contribution is -2.43. The highest BCUT2D eigenvalue weighted by Gasteiger charge is 2.28. The Labute approximate surface area is 146 Å². The Balaban J connectivity index is 1.89. The van der Waals surface area contributed by atoms with Gasteiger partial charge in [-0.15, -0.1) is 0 Å². The van der Waals surface area contributed by atoms with E-state index in [0.717, 1.165) is 12.8 Å². The number of nitrogens with zero attached hydrogens (tertiary/aromatic N) is 1. The maximum absolute atomic E-state index is 12.4. The van der Waals surface area contributed by atoms with Gasteiger partial charge >= 0.3 is 12.2 Å². The average Bonchev–Trinajstić information content (AvgIpc) is 2.63. The fraction of sp³-hybridized carbons (Fsp3) is 0.471. The van der Waals surface area contributed by atoms with Crippen molar-refractivity contribution in [2.75, 3.05) is 37.4 Å². The van der Waals surface area contributed by atoms with Crippen LogP contribution in [0.25, 0.3) is 0 Å². The molecule has 1 heterocycles. The van der Waals surface area contributed by atoms with Crippen LogP contribution < -0.4 is 10.6 Å². The molecule has 0 aliphatic carbocycles. The van der Waals surface area contributed by atoms with E-state index in [1.165, 1.54) is 7.11 Å². The van der Waals surface area contributed by atoms with Gasteiger partial charge in [0.2, 0.25) is 5.91 Å². The van der Waals surface area contributed by atoms with Gasteiger partial charge in [0.1, 0.15) is 0 Å². The molecule has 1 aromatic carbocycles. The summed E-state index contributed by atoms with van der Waals surface area (Å²) in [5.74, 6) is -0.412. The summed E-state index contributed by atoms with van der Waals surface area (Å²) in [5.41, 5.74) is 1.19. The molecule has 2 rings (SSSR count). The summed E-state index contributed by atoms with van der Waals surface area (Å²) in [6.45, 7) is 2.97. The van der Waals surface area contributed by atoms with Crippen LogP contribution in [0.2, 0.25) is 0 Å². The quantitative estimate of drug-likeness (QED) is 0.871. The molecule has 0 radical (unpaired) electrons. The van der Waals surface area contributed by atoms with Crippen molar-refractivity contribution < 1.29 is 23.9 Å². The number of amides is 3. The number of methoxy groups -OCH3 is 1. The second-order valence-corrected chi connectivity index (χ2v) is 5.67. The van der Waals surface area contributed by atoms with E-state index in [1.54, 1.807) is 36.1 Å². The normalized spacial score (nSPS) is 16.7. The van der Waals surface area contributed by atoms with Crippen molar-refractivity contribution in [2.45, 2.75) is 19.8 Å². The summed E-state index contributed by atoms with van der Waals surface area (Å²) in [7, 11) is 1.33. The lowest BCUT2D eigenvalue weighted by Gasteiger charge is -2.30. The number of ether oxygens (including phenoxy) is 2. The Morgan fingerprint density at radius 1 is 1.16 bits per heavy atom. The summed E-state index contributed by atoms with van der Waals surface area (Å²) >= 11 is 0. The Bertz CT molecular complexity index is 617. The molecular formula is C17H23N3O5. The molecule has 0 saturated carbocycles. The summed E-state index contributed by atoms with van der Waals surface area (Å²) in [4.78, 5) is 36.9. The number of hydrogen-bond donors (Lipinski definition) is 2. The Kier molecular flexibility index (Phi) is 6.62. The predicted octanol–water partition coefficient (Wildman–Crippen LogP) is 2.67. The maximum atomic E-state index is 12.4. The van der Waals surface area contributed by atoms with Crippen LogP contribution >= 0.6 is 0 Å². The third-order valence-electron chi connectivity index (χ3n) is 3.90. The molecule has 1 aromatic rings. The van der Waals surface area contributed by atoms with E-state index >= 15 is 0 Å². The summed E-state index contributed by atoms with van der Waals surface area (Å²) in [5, 5.41) is 5.41. The van der Waals surface area contributed by atoms with Crippen LogP contribution in [0.3, 0.4) is 0 Å². The number of likely N-dealkylation sites (tertiary alicyclic amines) is 1. The molecular weight excluding hydrogens is 326 g/mol. The molecule has 8 nitrogen and oxygen atoms in total. The van der Waals surface area contributed by atoms with E-state index in [0.29, 0.717) is 31.1 Å². The van der Waals surface area contributed by atoms with E-state index < -0.39 is 12.2 Å². The van der Waals surface area contributed by atoms with Crippen molar-refractivity contribution in [3.8, 4) is 0 Å². The van der Waals surface area contributed by atoms with Crippen molar-refractivity contribution in [3.05, 3.63) is 24.3 Å². The number of nitrogens with one attached hydrogen (secondary N) is 2. The molecule has 1 atom stereocenters. The molecule has 1 fully saturated rings. The first-order valence-electron chi connectivity index (χ1n) is 8.21. The van der Waals surface area contributed by atoms with Gasteiger partial charge in [-0.25, -0.2) is 9.59 Å². The van der Waals surface area contributed by atoms with Gasteiger partial charge in [-0.2, -0.15) is 0 Å². The van der Waals surface area contributed by atoms with Crippen molar-refractivity contribution >= 4 is 29.5 Å². The third-order valence-corrected chi connectivity index (χ3v) is 3.90. The molecule has 0 aromatic heterocycles. The van der Waals surface area contributed by atoms with Gasteiger partial charge in [0.25, 0.3) is 0 Å². The summed E-state index contributed by atoms with van der Waals surface area (Å²) < 4.78 is 9.51. The zero-order chi connectivity index (χ0) is 18.2. The van der Waals surface area contributed by atoms with Gasteiger partial charge in [-0.1, -0.05) is 0 Å². The van der Waals surface area contributed by atoms with Gasteiger partial charge in [-0.05, 0) is 44.0 Å². The van der Waals surface area contributed by atoms with Crippen molar-refractivity contribution in [3.63, 3.8) is 0 Å². The first kappa shape index (κ1) is 18.6. The van der Waals surface area contributed by atoms with E-state index in [4.69, 9.17) is 9.47 Å². The fourth-order valence-corrected chi connectivity index (χ4v) is 2.65. The number of anilines is 2. The molecule has 0 spiro atoms. The fourth-order valence-electron chi connectivity index (χ4n) is 2.65. The van der Waals surface area contributed by atoms with Crippen molar-refractivity contribution in [1.29, 1.82) is 0 Å². The molecule has 0 bridgehead atoms. The summed E-state index contributed by atoms with van der Waals surface area (Å²) in [6, 6.07) is 6.74. The number of carbonyl (C=O) groups excluding carboxylic acids is 3. The lowest BCUT2D eigenvalue weighted by atomic mass is 9.97. The maximum Gasteiger partial charge on any atom is 0.411 e. The number of carbonyl (C=O) groups is 3. The van der Waals surface area contributed by atoms with E-state index in [9.17, 15) is 14.4 Å². The Hall–Kier alpha value is -2.77. The minimum absolute atomic E-state index is 0.139. The number of hydrogen-bond acceptors (Lipinski definition) is 5. The first-order valence-corrected chi connectivity index (χ1v) is 8.21. The highest BCUT2D eigenvalue weighted by atomic mass is 16.5. The van der Waals surface area contributed by atoms with Gasteiger partial charge in [0, 0.05) is 24.5 Å². The number of benzene rings is 1. The van der Waals surface area contributed by atoms with Crippen LogP contribution in [-0.2, 0) is 14.3 Å². The van der Waals surface area contributed by atoms with Crippen LogP contribution in [0.5, 0.6) is 0 Å². The topological polar surface area (TPSA) is 97.0 Å². The zero-order valence-corrected chi connectivity index (χ0v) is 14.4. The smallest absolute Gasteiger partial charge is 0.411 e. The second-order valence-electron chi connectivity index (χ2n) is 5.67. The molecule has 2 N–H and O–H groups in total. The predicted molar refractivity (Wildman–Crippen MR) is 92.4 cm³/mol. The van der Waals surface area contributed by atoms with E-state index in [2.05, 4.69) is 10.6 Å². The Morgan fingerprint density at radius 3 is 2.40 bits per heavy atom. The second kappa shape index (κ2) is 8.91. The monoisotopic (exact) mass is 349 g/mol. The molecule has 1 aliphatic heterocycles. The zero-order valence-electron chi connectivity index (χ0n) is 14.4. The lowest BCUT2D eigenvalue weighted by molar-refractivity contribution is -0.121. The van der Waals surface area contributed by atoms with Crippen LogP contribution in [0.4, 0.5) is 21.0 Å². The van der Waals surface area contributed by atoms with Gasteiger partial charge in [0.05, 0.1) is 19.6 Å². The number of rotatable bonds is 4. The highest BCUT2D eigenvalue weighted by Crippen LogP contribution is 2.20. The molecule has 1 unspecified atom stereocenters. The summed E-state index contributed by atoms with van der Waals surface area (Å²) in [6.07, 6.45) is 0.550. The molecule has 1 saturated heterocycles.